The number of amides is 2. The summed E-state index contributed by atoms with van der Waals surface area (Å²) in [7, 11) is 0. The van der Waals surface area contributed by atoms with E-state index in [0.29, 0.717) is 26.1 Å². The third-order valence-corrected chi connectivity index (χ3v) is 5.02. The number of likely N-dealkylation sites (tertiary alicyclic amines) is 1. The summed E-state index contributed by atoms with van der Waals surface area (Å²) in [5, 5.41) is 2.93. The Bertz CT molecular complexity index is 553. The predicted octanol–water partition coefficient (Wildman–Crippen LogP) is 1.95. The van der Waals surface area contributed by atoms with E-state index < -0.39 is 0 Å². The van der Waals surface area contributed by atoms with Crippen molar-refractivity contribution in [1.82, 2.24) is 15.1 Å². The van der Waals surface area contributed by atoms with Gasteiger partial charge in [-0.1, -0.05) is 43.2 Å². The number of hydrogen-bond acceptors (Lipinski definition) is 3. The molecule has 0 radical (unpaired) electrons. The Morgan fingerprint density at radius 2 is 1.75 bits per heavy atom. The third-order valence-electron chi connectivity index (χ3n) is 5.02. The summed E-state index contributed by atoms with van der Waals surface area (Å²) < 4.78 is 0. The Hall–Kier alpha value is -1.88. The van der Waals surface area contributed by atoms with E-state index in [1.165, 1.54) is 12.8 Å². The molecule has 1 aromatic carbocycles. The number of benzene rings is 1. The van der Waals surface area contributed by atoms with Gasteiger partial charge in [0.1, 0.15) is 0 Å². The SMILES string of the molecule is O=C1C[C@H](c2ccccc2)N(CC(=O)N2CCCCCC2)CCN1. The summed E-state index contributed by atoms with van der Waals surface area (Å²) in [6.07, 6.45) is 5.07. The van der Waals surface area contributed by atoms with Crippen LogP contribution in [0.5, 0.6) is 0 Å². The molecular weight excluding hydrogens is 302 g/mol. The molecule has 5 heteroatoms. The predicted molar refractivity (Wildman–Crippen MR) is 93.4 cm³/mol. The number of rotatable bonds is 3. The lowest BCUT2D eigenvalue weighted by Gasteiger charge is -2.31. The highest BCUT2D eigenvalue weighted by molar-refractivity contribution is 5.79. The van der Waals surface area contributed by atoms with Crippen LogP contribution in [0.1, 0.15) is 43.7 Å². The highest BCUT2D eigenvalue weighted by Crippen LogP contribution is 2.25. The smallest absolute Gasteiger partial charge is 0.236 e. The monoisotopic (exact) mass is 329 g/mol. The van der Waals surface area contributed by atoms with Crippen molar-refractivity contribution in [2.45, 2.75) is 38.1 Å². The molecule has 2 saturated heterocycles. The molecule has 0 bridgehead atoms. The van der Waals surface area contributed by atoms with Gasteiger partial charge in [0, 0.05) is 38.6 Å². The highest BCUT2D eigenvalue weighted by atomic mass is 16.2. The van der Waals surface area contributed by atoms with Crippen molar-refractivity contribution in [3.05, 3.63) is 35.9 Å². The van der Waals surface area contributed by atoms with Gasteiger partial charge in [0.15, 0.2) is 0 Å². The van der Waals surface area contributed by atoms with Gasteiger partial charge >= 0.3 is 0 Å². The highest BCUT2D eigenvalue weighted by Gasteiger charge is 2.29. The lowest BCUT2D eigenvalue weighted by atomic mass is 10.0. The van der Waals surface area contributed by atoms with E-state index in [4.69, 9.17) is 0 Å². The minimum atomic E-state index is -0.0235. The van der Waals surface area contributed by atoms with Crippen LogP contribution in [0.4, 0.5) is 0 Å². The van der Waals surface area contributed by atoms with Gasteiger partial charge in [-0.3, -0.25) is 14.5 Å². The van der Waals surface area contributed by atoms with E-state index >= 15 is 0 Å². The van der Waals surface area contributed by atoms with Crippen molar-refractivity contribution in [3.8, 4) is 0 Å². The molecule has 2 amide bonds. The summed E-state index contributed by atoms with van der Waals surface area (Å²) in [4.78, 5) is 29.0. The molecule has 0 unspecified atom stereocenters. The summed E-state index contributed by atoms with van der Waals surface area (Å²) in [6.45, 7) is 3.47. The van der Waals surface area contributed by atoms with Crippen molar-refractivity contribution >= 4 is 11.8 Å². The first-order valence-corrected chi connectivity index (χ1v) is 9.07. The Labute approximate surface area is 144 Å². The molecule has 0 aromatic heterocycles. The van der Waals surface area contributed by atoms with Crippen molar-refractivity contribution in [1.29, 1.82) is 0 Å². The van der Waals surface area contributed by atoms with Gasteiger partial charge in [0.25, 0.3) is 0 Å². The zero-order valence-electron chi connectivity index (χ0n) is 14.2. The molecule has 1 N–H and O–H groups in total. The number of nitrogens with one attached hydrogen (secondary N) is 1. The Morgan fingerprint density at radius 1 is 1.04 bits per heavy atom. The fourth-order valence-electron chi connectivity index (χ4n) is 3.66. The van der Waals surface area contributed by atoms with Gasteiger partial charge in [0.2, 0.25) is 11.8 Å². The quantitative estimate of drug-likeness (QED) is 0.922. The number of nitrogens with zero attached hydrogens (tertiary/aromatic N) is 2. The molecule has 0 aliphatic carbocycles. The number of carbonyl (C=O) groups is 2. The normalized spacial score (nSPS) is 23.2. The molecule has 3 rings (SSSR count). The molecule has 24 heavy (non-hydrogen) atoms. The van der Waals surface area contributed by atoms with Crippen LogP contribution < -0.4 is 5.32 Å². The molecule has 2 aliphatic heterocycles. The zero-order valence-corrected chi connectivity index (χ0v) is 14.2. The third kappa shape index (κ3) is 4.35. The van der Waals surface area contributed by atoms with Gasteiger partial charge in [-0.05, 0) is 18.4 Å². The van der Waals surface area contributed by atoms with Crippen molar-refractivity contribution in [2.75, 3.05) is 32.7 Å². The average Bonchev–Trinajstić information content (AvgIpc) is 2.97. The standard InChI is InChI=1S/C19H27N3O2/c23-18-14-17(16-8-4-3-5-9-16)22(13-10-20-18)15-19(24)21-11-6-1-2-7-12-21/h3-5,8-9,17H,1-2,6-7,10-15H2,(H,20,23)/t17-/m1/s1. The molecule has 0 spiro atoms. The van der Waals surface area contributed by atoms with Crippen molar-refractivity contribution in [3.63, 3.8) is 0 Å². The Morgan fingerprint density at radius 3 is 2.46 bits per heavy atom. The molecule has 2 fully saturated rings. The zero-order chi connectivity index (χ0) is 16.8. The van der Waals surface area contributed by atoms with Crippen molar-refractivity contribution < 1.29 is 9.59 Å². The summed E-state index contributed by atoms with van der Waals surface area (Å²) in [5.41, 5.74) is 1.11. The molecule has 130 valence electrons. The van der Waals surface area contributed by atoms with Crippen LogP contribution >= 0.6 is 0 Å². The van der Waals surface area contributed by atoms with Crippen LogP contribution in [0.2, 0.25) is 0 Å². The van der Waals surface area contributed by atoms with E-state index in [2.05, 4.69) is 10.2 Å². The van der Waals surface area contributed by atoms with Gasteiger partial charge in [0.05, 0.1) is 6.54 Å². The molecule has 2 heterocycles. The summed E-state index contributed by atoms with van der Waals surface area (Å²) in [5.74, 6) is 0.265. The Kier molecular flexibility index (Phi) is 5.86. The minimum Gasteiger partial charge on any atom is -0.355 e. The maximum absolute atomic E-state index is 12.8. The van der Waals surface area contributed by atoms with E-state index in [0.717, 1.165) is 31.5 Å². The fourth-order valence-corrected chi connectivity index (χ4v) is 3.66. The van der Waals surface area contributed by atoms with E-state index in [1.807, 2.05) is 35.2 Å². The lowest BCUT2D eigenvalue weighted by molar-refractivity contribution is -0.133. The topological polar surface area (TPSA) is 52.7 Å². The largest absolute Gasteiger partial charge is 0.355 e. The second-order valence-corrected chi connectivity index (χ2v) is 6.75. The molecule has 1 aromatic rings. The van der Waals surface area contributed by atoms with Gasteiger partial charge in [-0.2, -0.15) is 0 Å². The molecule has 0 saturated carbocycles. The van der Waals surface area contributed by atoms with Crippen LogP contribution in [-0.4, -0.2) is 54.3 Å². The fraction of sp³-hybridized carbons (Fsp3) is 0.579. The average molecular weight is 329 g/mol. The van der Waals surface area contributed by atoms with Crippen LogP contribution in [0.25, 0.3) is 0 Å². The summed E-state index contributed by atoms with van der Waals surface area (Å²) >= 11 is 0. The van der Waals surface area contributed by atoms with Crippen LogP contribution in [0.15, 0.2) is 30.3 Å². The second-order valence-electron chi connectivity index (χ2n) is 6.75. The van der Waals surface area contributed by atoms with Crippen LogP contribution in [0.3, 0.4) is 0 Å². The Balaban J connectivity index is 1.72. The first kappa shape index (κ1) is 17.0. The van der Waals surface area contributed by atoms with E-state index in [1.54, 1.807) is 0 Å². The maximum atomic E-state index is 12.8. The van der Waals surface area contributed by atoms with Gasteiger partial charge in [-0.15, -0.1) is 0 Å². The van der Waals surface area contributed by atoms with Crippen LogP contribution in [-0.2, 0) is 9.59 Å². The van der Waals surface area contributed by atoms with Crippen LogP contribution in [0, 0.1) is 0 Å². The van der Waals surface area contributed by atoms with Crippen molar-refractivity contribution in [2.24, 2.45) is 0 Å². The lowest BCUT2D eigenvalue weighted by Crippen LogP contribution is -2.43. The molecule has 5 nitrogen and oxygen atoms in total. The van der Waals surface area contributed by atoms with E-state index in [9.17, 15) is 9.59 Å². The number of hydrogen-bond donors (Lipinski definition) is 1. The number of carbonyl (C=O) groups excluding carboxylic acids is 2. The first-order chi connectivity index (χ1) is 11.7. The summed E-state index contributed by atoms with van der Waals surface area (Å²) in [6, 6.07) is 10.0. The molecule has 2 aliphatic rings. The maximum Gasteiger partial charge on any atom is 0.236 e. The minimum absolute atomic E-state index is 0.0235. The second kappa shape index (κ2) is 8.29. The first-order valence-electron chi connectivity index (χ1n) is 9.07. The molecular formula is C19H27N3O2. The van der Waals surface area contributed by atoms with E-state index in [-0.39, 0.29) is 17.9 Å². The van der Waals surface area contributed by atoms with Gasteiger partial charge < -0.3 is 10.2 Å². The molecule has 1 atom stereocenters. The van der Waals surface area contributed by atoms with Gasteiger partial charge in [-0.25, -0.2) is 0 Å².